The predicted molar refractivity (Wildman–Crippen MR) is 160 cm³/mol. The number of hydrogen-bond donors (Lipinski definition) is 2. The summed E-state index contributed by atoms with van der Waals surface area (Å²) in [6.07, 6.45) is 0.631. The predicted octanol–water partition coefficient (Wildman–Crippen LogP) is 4.27. The second kappa shape index (κ2) is 12.5. The zero-order chi connectivity index (χ0) is 30.9. The normalized spacial score (nSPS) is 16.9. The molecule has 3 aromatic rings. The summed E-state index contributed by atoms with van der Waals surface area (Å²) in [5.74, 6) is 1.49. The molecule has 43 heavy (non-hydrogen) atoms. The summed E-state index contributed by atoms with van der Waals surface area (Å²) in [5.41, 5.74) is 3.21. The van der Waals surface area contributed by atoms with Crippen molar-refractivity contribution in [2.75, 3.05) is 51.3 Å². The van der Waals surface area contributed by atoms with E-state index in [-0.39, 0.29) is 35.6 Å². The van der Waals surface area contributed by atoms with Crippen molar-refractivity contribution in [1.29, 1.82) is 0 Å². The zero-order valence-corrected chi connectivity index (χ0v) is 25.7. The van der Waals surface area contributed by atoms with Gasteiger partial charge in [0, 0.05) is 43.7 Å². The van der Waals surface area contributed by atoms with Gasteiger partial charge in [0.2, 0.25) is 0 Å². The number of likely N-dealkylation sites (N-methyl/N-ethyl adjacent to an activating group) is 1. The highest BCUT2D eigenvalue weighted by Crippen LogP contribution is 2.45. The number of nitrogens with zero attached hydrogens (tertiary/aromatic N) is 5. The number of benzene rings is 1. The number of aromatic nitrogens is 3. The molecule has 0 aliphatic carbocycles. The fourth-order valence-corrected chi connectivity index (χ4v) is 5.92. The van der Waals surface area contributed by atoms with E-state index in [9.17, 15) is 9.90 Å². The summed E-state index contributed by atoms with van der Waals surface area (Å²) in [6, 6.07) is 4.42. The molecule has 4 heterocycles. The van der Waals surface area contributed by atoms with E-state index in [2.05, 4.69) is 15.4 Å². The molecular weight excluding hydrogens is 555 g/mol. The van der Waals surface area contributed by atoms with Crippen LogP contribution in [-0.4, -0.2) is 89.8 Å². The van der Waals surface area contributed by atoms with E-state index < -0.39 is 11.9 Å². The summed E-state index contributed by atoms with van der Waals surface area (Å²) < 4.78 is 31.9. The van der Waals surface area contributed by atoms with Gasteiger partial charge in [0.25, 0.3) is 0 Å². The van der Waals surface area contributed by atoms with E-state index in [1.165, 1.54) is 12.1 Å². The molecule has 0 bridgehead atoms. The summed E-state index contributed by atoms with van der Waals surface area (Å²) in [5, 5.41) is 17.1. The van der Waals surface area contributed by atoms with Crippen molar-refractivity contribution in [3.63, 3.8) is 0 Å². The van der Waals surface area contributed by atoms with Gasteiger partial charge in [0.1, 0.15) is 35.9 Å². The zero-order valence-electron chi connectivity index (χ0n) is 25.7. The van der Waals surface area contributed by atoms with Crippen LogP contribution in [0.15, 0.2) is 22.7 Å². The van der Waals surface area contributed by atoms with Crippen LogP contribution in [0, 0.1) is 32.0 Å². The van der Waals surface area contributed by atoms with E-state index >= 15 is 4.39 Å². The SMILES string of the molecule is CNCC(O)COc1ccc(F)c(-c2nc(-c3c(C)noc3C)c(C)c(N3CC4(CCN(C(=O)OC(C)C)CC4)C3)n2)c1. The third kappa shape index (κ3) is 6.45. The molecule has 0 saturated carbocycles. The number of piperidine rings is 1. The second-order valence-corrected chi connectivity index (χ2v) is 12.0. The minimum absolute atomic E-state index is 0.0543. The average Bonchev–Trinajstić information content (AvgIpc) is 3.28. The van der Waals surface area contributed by atoms with Gasteiger partial charge < -0.3 is 34.2 Å². The lowest BCUT2D eigenvalue weighted by atomic mass is 9.72. The Kier molecular flexibility index (Phi) is 8.89. The van der Waals surface area contributed by atoms with Crippen molar-refractivity contribution >= 4 is 11.9 Å². The number of aliphatic hydroxyl groups is 1. The number of rotatable bonds is 9. The number of anilines is 1. The summed E-state index contributed by atoms with van der Waals surface area (Å²) in [6.45, 7) is 12.6. The highest BCUT2D eigenvalue weighted by molar-refractivity contribution is 5.75. The van der Waals surface area contributed by atoms with Gasteiger partial charge in [-0.1, -0.05) is 5.16 Å². The number of nitrogens with one attached hydrogen (secondary N) is 1. The molecule has 2 aromatic heterocycles. The Morgan fingerprint density at radius 1 is 1.19 bits per heavy atom. The Hall–Kier alpha value is -3.77. The maximum Gasteiger partial charge on any atom is 0.410 e. The van der Waals surface area contributed by atoms with Gasteiger partial charge in [0.15, 0.2) is 5.82 Å². The lowest BCUT2D eigenvalue weighted by Gasteiger charge is -2.54. The van der Waals surface area contributed by atoms with E-state index in [0.717, 1.165) is 42.9 Å². The van der Waals surface area contributed by atoms with Crippen LogP contribution in [0.1, 0.15) is 43.7 Å². The lowest BCUT2D eigenvalue weighted by Crippen LogP contribution is -2.61. The minimum Gasteiger partial charge on any atom is -0.491 e. The molecular formula is C31H41FN6O5. The van der Waals surface area contributed by atoms with Crippen molar-refractivity contribution in [2.45, 2.75) is 59.7 Å². The standard InChI is InChI=1S/C31H41FN6O5/c1-18(2)42-30(40)37-11-9-31(10-12-37)16-38(17-31)29-19(3)27(26-20(4)36-43-21(26)5)34-28(35-29)24-13-23(7-8-25(24)32)41-15-22(39)14-33-6/h7-8,13,18,22,33,39H,9-12,14-17H2,1-6H3. The maximum absolute atomic E-state index is 15.3. The van der Waals surface area contributed by atoms with Crippen molar-refractivity contribution < 1.29 is 28.3 Å². The lowest BCUT2D eigenvalue weighted by molar-refractivity contribution is 0.0396. The van der Waals surface area contributed by atoms with Gasteiger partial charge in [-0.25, -0.2) is 19.2 Å². The number of likely N-dealkylation sites (tertiary alicyclic amines) is 1. The monoisotopic (exact) mass is 596 g/mol. The van der Waals surface area contributed by atoms with Gasteiger partial charge in [-0.3, -0.25) is 0 Å². The van der Waals surface area contributed by atoms with Gasteiger partial charge in [-0.2, -0.15) is 0 Å². The van der Waals surface area contributed by atoms with Crippen LogP contribution in [-0.2, 0) is 4.74 Å². The van der Waals surface area contributed by atoms with E-state index in [1.54, 1.807) is 18.0 Å². The molecule has 2 saturated heterocycles. The molecule has 2 N–H and O–H groups in total. The molecule has 2 aliphatic heterocycles. The number of carbonyl (C=O) groups is 1. The maximum atomic E-state index is 15.3. The first kappa shape index (κ1) is 30.7. The number of halogens is 1. The van der Waals surface area contributed by atoms with Crippen molar-refractivity contribution in [3.05, 3.63) is 41.0 Å². The van der Waals surface area contributed by atoms with E-state index in [1.807, 2.05) is 34.6 Å². The van der Waals surface area contributed by atoms with Crippen LogP contribution in [0.3, 0.4) is 0 Å². The number of aliphatic hydroxyl groups excluding tert-OH is 1. The fraction of sp³-hybridized carbons (Fsp3) is 0.548. The molecule has 0 radical (unpaired) electrons. The van der Waals surface area contributed by atoms with Gasteiger partial charge >= 0.3 is 6.09 Å². The van der Waals surface area contributed by atoms with E-state index in [4.69, 9.17) is 24.0 Å². The smallest absolute Gasteiger partial charge is 0.410 e. The second-order valence-electron chi connectivity index (χ2n) is 12.0. The average molecular weight is 597 g/mol. The third-order valence-corrected chi connectivity index (χ3v) is 8.22. The highest BCUT2D eigenvalue weighted by Gasteiger charge is 2.47. The quantitative estimate of drug-likeness (QED) is 0.370. The molecule has 2 fully saturated rings. The van der Waals surface area contributed by atoms with Crippen molar-refractivity contribution in [1.82, 2.24) is 25.3 Å². The van der Waals surface area contributed by atoms with Crippen molar-refractivity contribution in [3.8, 4) is 28.4 Å². The number of aryl methyl sites for hydroxylation is 2. The molecule has 232 valence electrons. The van der Waals surface area contributed by atoms with Crippen LogP contribution >= 0.6 is 0 Å². The number of amides is 1. The molecule has 5 rings (SSSR count). The van der Waals surface area contributed by atoms with Crippen molar-refractivity contribution in [2.24, 2.45) is 5.41 Å². The van der Waals surface area contributed by atoms with Gasteiger partial charge in [0.05, 0.1) is 28.6 Å². The molecule has 2 aliphatic rings. The number of hydrogen-bond acceptors (Lipinski definition) is 10. The number of carbonyl (C=O) groups excluding carboxylic acids is 1. The highest BCUT2D eigenvalue weighted by atomic mass is 19.1. The Labute approximate surface area is 251 Å². The minimum atomic E-state index is -0.710. The summed E-state index contributed by atoms with van der Waals surface area (Å²) in [4.78, 5) is 26.1. The molecule has 1 spiro atoms. The Morgan fingerprint density at radius 2 is 1.91 bits per heavy atom. The molecule has 12 heteroatoms. The Balaban J connectivity index is 1.44. The molecule has 1 amide bonds. The van der Waals surface area contributed by atoms with Crippen LogP contribution in [0.25, 0.3) is 22.6 Å². The van der Waals surface area contributed by atoms with Crippen LogP contribution in [0.5, 0.6) is 5.75 Å². The summed E-state index contributed by atoms with van der Waals surface area (Å²) in [7, 11) is 1.74. The topological polar surface area (TPSA) is 126 Å². The number of ether oxygens (including phenoxy) is 2. The first-order chi connectivity index (χ1) is 20.5. The largest absolute Gasteiger partial charge is 0.491 e. The van der Waals surface area contributed by atoms with Crippen LogP contribution in [0.2, 0.25) is 0 Å². The molecule has 11 nitrogen and oxygen atoms in total. The van der Waals surface area contributed by atoms with Gasteiger partial charge in [-0.05, 0) is 72.7 Å². The molecule has 1 unspecified atom stereocenters. The fourth-order valence-electron chi connectivity index (χ4n) is 5.92. The molecule has 1 atom stereocenters. The Bertz CT molecular complexity index is 1440. The first-order valence-electron chi connectivity index (χ1n) is 14.8. The summed E-state index contributed by atoms with van der Waals surface area (Å²) >= 11 is 0. The van der Waals surface area contributed by atoms with Crippen LogP contribution < -0.4 is 15.0 Å². The third-order valence-electron chi connectivity index (χ3n) is 8.22. The van der Waals surface area contributed by atoms with E-state index in [0.29, 0.717) is 42.5 Å². The molecule has 1 aromatic carbocycles. The first-order valence-corrected chi connectivity index (χ1v) is 14.8. The van der Waals surface area contributed by atoms with Crippen LogP contribution in [0.4, 0.5) is 15.0 Å². The Morgan fingerprint density at radius 3 is 2.53 bits per heavy atom. The van der Waals surface area contributed by atoms with Gasteiger partial charge in [-0.15, -0.1) is 0 Å².